The molecule has 0 amide bonds. The minimum atomic E-state index is 0. The highest BCUT2D eigenvalue weighted by atomic mass is 127. The van der Waals surface area contributed by atoms with Gasteiger partial charge in [-0.15, -0.1) is 24.0 Å². The van der Waals surface area contributed by atoms with E-state index in [0.717, 1.165) is 30.5 Å². The number of nitrogens with zero attached hydrogens (tertiary/aromatic N) is 3. The van der Waals surface area contributed by atoms with Gasteiger partial charge >= 0.3 is 0 Å². The molecule has 2 aromatic rings. The van der Waals surface area contributed by atoms with Gasteiger partial charge in [0.15, 0.2) is 5.96 Å². The first kappa shape index (κ1) is 22.4. The lowest BCUT2D eigenvalue weighted by Crippen LogP contribution is -2.36. The highest BCUT2D eigenvalue weighted by Crippen LogP contribution is 2.09. The predicted octanol–water partition coefficient (Wildman–Crippen LogP) is 3.23. The summed E-state index contributed by atoms with van der Waals surface area (Å²) < 4.78 is 5.57. The van der Waals surface area contributed by atoms with Gasteiger partial charge in [0.05, 0.1) is 12.2 Å². The number of nitrogens with one attached hydrogen (secondary N) is 2. The predicted molar refractivity (Wildman–Crippen MR) is 117 cm³/mol. The molecule has 144 valence electrons. The highest BCUT2D eigenvalue weighted by molar-refractivity contribution is 14.0. The Morgan fingerprint density at radius 1 is 1.19 bits per heavy atom. The van der Waals surface area contributed by atoms with Crippen molar-refractivity contribution in [2.24, 2.45) is 4.99 Å². The van der Waals surface area contributed by atoms with Gasteiger partial charge in [-0.1, -0.05) is 31.2 Å². The Labute approximate surface area is 173 Å². The summed E-state index contributed by atoms with van der Waals surface area (Å²) in [5.74, 6) is 2.25. The van der Waals surface area contributed by atoms with Crippen LogP contribution in [0.4, 0.5) is 0 Å². The number of aromatic nitrogens is 1. The molecule has 0 aliphatic heterocycles. The number of benzene rings is 1. The molecule has 0 spiro atoms. The van der Waals surface area contributed by atoms with Gasteiger partial charge in [0.1, 0.15) is 5.76 Å². The number of aliphatic imine (C=N–C) groups is 1. The second kappa shape index (κ2) is 11.2. The van der Waals surface area contributed by atoms with Gasteiger partial charge in [0.2, 0.25) is 5.89 Å². The van der Waals surface area contributed by atoms with E-state index in [9.17, 15) is 0 Å². The first-order chi connectivity index (χ1) is 12.0. The lowest BCUT2D eigenvalue weighted by Gasteiger charge is -2.15. The van der Waals surface area contributed by atoms with E-state index in [1.54, 1.807) is 7.05 Å². The maximum absolute atomic E-state index is 5.57. The zero-order valence-corrected chi connectivity index (χ0v) is 18.6. The summed E-state index contributed by atoms with van der Waals surface area (Å²) in [7, 11) is 3.89. The fourth-order valence-corrected chi connectivity index (χ4v) is 2.44. The van der Waals surface area contributed by atoms with Crippen LogP contribution >= 0.6 is 24.0 Å². The molecule has 0 aliphatic carbocycles. The van der Waals surface area contributed by atoms with Crippen LogP contribution in [0.3, 0.4) is 0 Å². The SMILES string of the molecule is CCN(C)Cc1cccc(CNC(=NC)NCc2nc(C)c(C)o2)c1.I. The number of oxazole rings is 1. The smallest absolute Gasteiger partial charge is 0.214 e. The van der Waals surface area contributed by atoms with Crippen molar-refractivity contribution in [1.82, 2.24) is 20.5 Å². The fourth-order valence-electron chi connectivity index (χ4n) is 2.44. The van der Waals surface area contributed by atoms with E-state index in [-0.39, 0.29) is 24.0 Å². The first-order valence-electron chi connectivity index (χ1n) is 8.65. The molecule has 1 aromatic heterocycles. The normalized spacial score (nSPS) is 11.4. The van der Waals surface area contributed by atoms with Crippen LogP contribution in [-0.2, 0) is 19.6 Å². The lowest BCUT2D eigenvalue weighted by molar-refractivity contribution is 0.345. The maximum Gasteiger partial charge on any atom is 0.214 e. The molecule has 0 saturated heterocycles. The summed E-state index contributed by atoms with van der Waals surface area (Å²) in [5.41, 5.74) is 3.47. The van der Waals surface area contributed by atoms with Crippen LogP contribution < -0.4 is 10.6 Å². The Morgan fingerprint density at radius 3 is 2.50 bits per heavy atom. The van der Waals surface area contributed by atoms with Crippen molar-refractivity contribution in [2.75, 3.05) is 20.6 Å². The molecule has 26 heavy (non-hydrogen) atoms. The van der Waals surface area contributed by atoms with Crippen LogP contribution in [0.15, 0.2) is 33.7 Å². The molecule has 0 atom stereocenters. The third-order valence-electron chi connectivity index (χ3n) is 4.15. The van der Waals surface area contributed by atoms with Crippen molar-refractivity contribution < 1.29 is 4.42 Å². The molecule has 7 heteroatoms. The number of rotatable bonds is 7. The molecule has 0 fully saturated rings. The van der Waals surface area contributed by atoms with E-state index in [2.05, 4.69) is 63.7 Å². The Hall–Kier alpha value is -1.61. The minimum Gasteiger partial charge on any atom is -0.444 e. The number of halogens is 1. The van der Waals surface area contributed by atoms with Crippen LogP contribution in [0.25, 0.3) is 0 Å². The van der Waals surface area contributed by atoms with Crippen molar-refractivity contribution in [3.8, 4) is 0 Å². The summed E-state index contributed by atoms with van der Waals surface area (Å²) in [6, 6.07) is 8.62. The minimum absolute atomic E-state index is 0. The van der Waals surface area contributed by atoms with Crippen LogP contribution in [0.2, 0.25) is 0 Å². The lowest BCUT2D eigenvalue weighted by atomic mass is 10.1. The highest BCUT2D eigenvalue weighted by Gasteiger charge is 2.06. The molecule has 0 radical (unpaired) electrons. The second-order valence-electron chi connectivity index (χ2n) is 6.18. The van der Waals surface area contributed by atoms with Crippen LogP contribution in [0.1, 0.15) is 35.4 Å². The third-order valence-corrected chi connectivity index (χ3v) is 4.15. The first-order valence-corrected chi connectivity index (χ1v) is 8.65. The molecule has 2 N–H and O–H groups in total. The number of guanidine groups is 1. The molecule has 0 aliphatic rings. The van der Waals surface area contributed by atoms with E-state index < -0.39 is 0 Å². The number of hydrogen-bond donors (Lipinski definition) is 2. The van der Waals surface area contributed by atoms with E-state index >= 15 is 0 Å². The van der Waals surface area contributed by atoms with E-state index in [0.29, 0.717) is 19.0 Å². The Balaban J connectivity index is 0.00000338. The van der Waals surface area contributed by atoms with Crippen molar-refractivity contribution in [2.45, 2.75) is 40.4 Å². The topological polar surface area (TPSA) is 65.7 Å². The van der Waals surface area contributed by atoms with Gasteiger partial charge in [0, 0.05) is 20.1 Å². The molecule has 0 saturated carbocycles. The summed E-state index contributed by atoms with van der Waals surface area (Å²) >= 11 is 0. The zero-order chi connectivity index (χ0) is 18.2. The van der Waals surface area contributed by atoms with Crippen molar-refractivity contribution >= 4 is 29.9 Å². The fraction of sp³-hybridized carbons (Fsp3) is 0.474. The molecule has 1 aromatic carbocycles. The number of hydrogen-bond acceptors (Lipinski definition) is 4. The zero-order valence-electron chi connectivity index (χ0n) is 16.3. The molecule has 2 rings (SSSR count). The van der Waals surface area contributed by atoms with Gasteiger partial charge in [0.25, 0.3) is 0 Å². The van der Waals surface area contributed by atoms with E-state index in [4.69, 9.17) is 4.42 Å². The summed E-state index contributed by atoms with van der Waals surface area (Å²) in [5, 5.41) is 6.55. The molecular weight excluding hydrogens is 441 g/mol. The standard InChI is InChI=1S/C19H29N5O.HI/c1-6-24(5)13-17-9-7-8-16(10-17)11-21-19(20-4)22-12-18-23-14(2)15(3)25-18;/h7-10H,6,11-13H2,1-5H3,(H2,20,21,22);1H. The Bertz CT molecular complexity index is 694. The van der Waals surface area contributed by atoms with Crippen LogP contribution in [0, 0.1) is 13.8 Å². The largest absolute Gasteiger partial charge is 0.444 e. The third kappa shape index (κ3) is 6.95. The molecule has 6 nitrogen and oxygen atoms in total. The summed E-state index contributed by atoms with van der Waals surface area (Å²) in [6.07, 6.45) is 0. The van der Waals surface area contributed by atoms with Gasteiger partial charge in [-0.05, 0) is 38.6 Å². The van der Waals surface area contributed by atoms with Crippen molar-refractivity contribution in [3.05, 3.63) is 52.7 Å². The number of aryl methyl sites for hydroxylation is 2. The molecule has 0 unspecified atom stereocenters. The van der Waals surface area contributed by atoms with Gasteiger partial charge in [-0.3, -0.25) is 4.99 Å². The average molecular weight is 471 g/mol. The molecule has 1 heterocycles. The van der Waals surface area contributed by atoms with Gasteiger partial charge in [-0.25, -0.2) is 4.98 Å². The van der Waals surface area contributed by atoms with Crippen LogP contribution in [0.5, 0.6) is 0 Å². The Kier molecular flexibility index (Phi) is 9.64. The van der Waals surface area contributed by atoms with E-state index in [1.807, 2.05) is 13.8 Å². The monoisotopic (exact) mass is 471 g/mol. The molecular formula is C19H30IN5O. The Morgan fingerprint density at radius 2 is 1.88 bits per heavy atom. The van der Waals surface area contributed by atoms with Crippen LogP contribution in [-0.4, -0.2) is 36.5 Å². The average Bonchev–Trinajstić information content (AvgIpc) is 2.93. The van der Waals surface area contributed by atoms with E-state index in [1.165, 1.54) is 11.1 Å². The van der Waals surface area contributed by atoms with Crippen molar-refractivity contribution in [1.29, 1.82) is 0 Å². The second-order valence-corrected chi connectivity index (χ2v) is 6.18. The van der Waals surface area contributed by atoms with Crippen molar-refractivity contribution in [3.63, 3.8) is 0 Å². The maximum atomic E-state index is 5.57. The summed E-state index contributed by atoms with van der Waals surface area (Å²) in [6.45, 7) is 9.25. The summed E-state index contributed by atoms with van der Waals surface area (Å²) in [4.78, 5) is 10.9. The van der Waals surface area contributed by atoms with Gasteiger partial charge < -0.3 is 20.0 Å². The quantitative estimate of drug-likeness (QED) is 0.369. The molecule has 0 bridgehead atoms. The van der Waals surface area contributed by atoms with Gasteiger partial charge in [-0.2, -0.15) is 0 Å².